The van der Waals surface area contributed by atoms with E-state index in [4.69, 9.17) is 14.6 Å². The summed E-state index contributed by atoms with van der Waals surface area (Å²) < 4.78 is 10.1. The first-order valence-corrected chi connectivity index (χ1v) is 6.31. The molecule has 0 heterocycles. The maximum absolute atomic E-state index is 12.5. The highest BCUT2D eigenvalue weighted by molar-refractivity contribution is 6.11. The smallest absolute Gasteiger partial charge is 0.339 e. The number of carboxylic acid groups (broad SMARTS) is 1. The topological polar surface area (TPSA) is 93.1 Å². The highest BCUT2D eigenvalue weighted by Crippen LogP contribution is 2.30. The molecular formula is C16H14O6. The summed E-state index contributed by atoms with van der Waals surface area (Å²) in [5, 5.41) is 18.7. The number of hydrogen-bond donors (Lipinski definition) is 2. The fourth-order valence-corrected chi connectivity index (χ4v) is 2.01. The van der Waals surface area contributed by atoms with Crippen molar-refractivity contribution in [3.05, 3.63) is 53.1 Å². The molecule has 0 spiro atoms. The molecule has 0 saturated carbocycles. The molecule has 2 aromatic rings. The molecule has 2 N–H and O–H groups in total. The van der Waals surface area contributed by atoms with Gasteiger partial charge in [-0.1, -0.05) is 12.1 Å². The van der Waals surface area contributed by atoms with Crippen LogP contribution in [-0.2, 0) is 0 Å². The van der Waals surface area contributed by atoms with Gasteiger partial charge in [0.1, 0.15) is 22.8 Å². The zero-order valence-corrected chi connectivity index (χ0v) is 12.0. The summed E-state index contributed by atoms with van der Waals surface area (Å²) in [6.45, 7) is 0. The van der Waals surface area contributed by atoms with Crippen molar-refractivity contribution in [1.82, 2.24) is 0 Å². The number of phenols is 1. The molecule has 0 saturated heterocycles. The van der Waals surface area contributed by atoms with Gasteiger partial charge in [-0.25, -0.2) is 4.79 Å². The lowest BCUT2D eigenvalue weighted by atomic mass is 10.00. The van der Waals surface area contributed by atoms with E-state index in [2.05, 4.69) is 0 Å². The van der Waals surface area contributed by atoms with Gasteiger partial charge in [-0.2, -0.15) is 0 Å². The van der Waals surface area contributed by atoms with Crippen LogP contribution >= 0.6 is 0 Å². The minimum Gasteiger partial charge on any atom is -0.507 e. The Morgan fingerprint density at radius 1 is 1.00 bits per heavy atom. The van der Waals surface area contributed by atoms with Gasteiger partial charge < -0.3 is 19.7 Å². The lowest BCUT2D eigenvalue weighted by molar-refractivity contribution is 0.0692. The Kier molecular flexibility index (Phi) is 4.31. The molecular weight excluding hydrogens is 288 g/mol. The van der Waals surface area contributed by atoms with Crippen LogP contribution in [0.4, 0.5) is 0 Å². The molecule has 0 bridgehead atoms. The number of carboxylic acids is 1. The first-order valence-electron chi connectivity index (χ1n) is 6.31. The number of benzene rings is 2. The zero-order valence-electron chi connectivity index (χ0n) is 12.0. The van der Waals surface area contributed by atoms with Crippen LogP contribution in [0.5, 0.6) is 17.2 Å². The monoisotopic (exact) mass is 302 g/mol. The van der Waals surface area contributed by atoms with Crippen LogP contribution in [0, 0.1) is 0 Å². The molecule has 6 heteroatoms. The van der Waals surface area contributed by atoms with Crippen molar-refractivity contribution in [2.75, 3.05) is 14.2 Å². The second-order valence-corrected chi connectivity index (χ2v) is 4.44. The van der Waals surface area contributed by atoms with Crippen molar-refractivity contribution >= 4 is 11.8 Å². The molecule has 114 valence electrons. The van der Waals surface area contributed by atoms with E-state index in [0.717, 1.165) is 12.1 Å². The van der Waals surface area contributed by atoms with Crippen LogP contribution < -0.4 is 9.47 Å². The lowest BCUT2D eigenvalue weighted by Crippen LogP contribution is -2.07. The van der Waals surface area contributed by atoms with Crippen LogP contribution in [0.15, 0.2) is 36.4 Å². The number of aromatic carboxylic acids is 1. The summed E-state index contributed by atoms with van der Waals surface area (Å²) in [6.07, 6.45) is 0. The standard InChI is InChI=1S/C16H14O6/c1-21-10-5-3-4-9(6-10)15(18)12-7-13(17)11(16(19)20)8-14(12)22-2/h3-8,17H,1-2H3,(H,19,20). The Labute approximate surface area is 126 Å². The molecule has 6 nitrogen and oxygen atoms in total. The Morgan fingerprint density at radius 3 is 2.32 bits per heavy atom. The van der Waals surface area contributed by atoms with Gasteiger partial charge in [0.15, 0.2) is 5.78 Å². The minimum absolute atomic E-state index is 0.0678. The van der Waals surface area contributed by atoms with Gasteiger partial charge in [0.2, 0.25) is 0 Å². The van der Waals surface area contributed by atoms with Gasteiger partial charge in [-0.15, -0.1) is 0 Å². The number of ether oxygens (including phenoxy) is 2. The Balaban J connectivity index is 2.53. The maximum Gasteiger partial charge on any atom is 0.339 e. The third-order valence-electron chi connectivity index (χ3n) is 3.12. The van der Waals surface area contributed by atoms with Gasteiger partial charge >= 0.3 is 5.97 Å². The van der Waals surface area contributed by atoms with E-state index in [1.165, 1.54) is 14.2 Å². The number of carbonyl (C=O) groups is 2. The van der Waals surface area contributed by atoms with E-state index in [9.17, 15) is 14.7 Å². The van der Waals surface area contributed by atoms with Crippen LogP contribution in [0.2, 0.25) is 0 Å². The fourth-order valence-electron chi connectivity index (χ4n) is 2.01. The highest BCUT2D eigenvalue weighted by Gasteiger charge is 2.20. The maximum atomic E-state index is 12.5. The van der Waals surface area contributed by atoms with Crippen molar-refractivity contribution in [3.8, 4) is 17.2 Å². The Morgan fingerprint density at radius 2 is 1.73 bits per heavy atom. The van der Waals surface area contributed by atoms with Crippen LogP contribution in [0.3, 0.4) is 0 Å². The Hall–Kier alpha value is -3.02. The first-order chi connectivity index (χ1) is 10.5. The number of ketones is 1. The van der Waals surface area contributed by atoms with Gasteiger partial charge in [0.25, 0.3) is 0 Å². The molecule has 0 radical (unpaired) electrons. The van der Waals surface area contributed by atoms with Crippen molar-refractivity contribution in [2.45, 2.75) is 0 Å². The fraction of sp³-hybridized carbons (Fsp3) is 0.125. The molecule has 22 heavy (non-hydrogen) atoms. The second-order valence-electron chi connectivity index (χ2n) is 4.44. The van der Waals surface area contributed by atoms with Crippen molar-refractivity contribution in [2.24, 2.45) is 0 Å². The summed E-state index contributed by atoms with van der Waals surface area (Å²) in [5.74, 6) is -1.64. The van der Waals surface area contributed by atoms with E-state index < -0.39 is 17.5 Å². The number of carbonyl (C=O) groups excluding carboxylic acids is 1. The molecule has 2 rings (SSSR count). The van der Waals surface area contributed by atoms with Gasteiger partial charge in [0.05, 0.1) is 19.8 Å². The summed E-state index contributed by atoms with van der Waals surface area (Å²) >= 11 is 0. The summed E-state index contributed by atoms with van der Waals surface area (Å²) in [4.78, 5) is 23.5. The predicted octanol–water partition coefficient (Wildman–Crippen LogP) is 2.34. The van der Waals surface area contributed by atoms with Crippen molar-refractivity contribution < 1.29 is 29.3 Å². The normalized spacial score (nSPS) is 10.1. The quantitative estimate of drug-likeness (QED) is 0.823. The highest BCUT2D eigenvalue weighted by atomic mass is 16.5. The van der Waals surface area contributed by atoms with E-state index >= 15 is 0 Å². The third kappa shape index (κ3) is 2.85. The van der Waals surface area contributed by atoms with Crippen molar-refractivity contribution in [1.29, 1.82) is 0 Å². The van der Waals surface area contributed by atoms with Crippen LogP contribution in [-0.4, -0.2) is 36.2 Å². The minimum atomic E-state index is -1.31. The molecule has 0 atom stereocenters. The average Bonchev–Trinajstić information content (AvgIpc) is 2.53. The number of hydrogen-bond acceptors (Lipinski definition) is 5. The number of aromatic hydroxyl groups is 1. The van der Waals surface area contributed by atoms with Crippen molar-refractivity contribution in [3.63, 3.8) is 0 Å². The first kappa shape index (κ1) is 15.4. The third-order valence-corrected chi connectivity index (χ3v) is 3.12. The van der Waals surface area contributed by atoms with Gasteiger partial charge in [0, 0.05) is 5.56 Å². The number of methoxy groups -OCH3 is 2. The van der Waals surface area contributed by atoms with E-state index in [-0.39, 0.29) is 16.9 Å². The van der Waals surface area contributed by atoms with Gasteiger partial charge in [-0.3, -0.25) is 4.79 Å². The van der Waals surface area contributed by atoms with Gasteiger partial charge in [-0.05, 0) is 24.3 Å². The molecule has 0 fully saturated rings. The Bertz CT molecular complexity index is 735. The molecule has 0 amide bonds. The molecule has 0 unspecified atom stereocenters. The molecule has 0 aliphatic heterocycles. The predicted molar refractivity (Wildman–Crippen MR) is 78.0 cm³/mol. The van der Waals surface area contributed by atoms with Crippen LogP contribution in [0.25, 0.3) is 0 Å². The molecule has 0 aromatic heterocycles. The van der Waals surface area contributed by atoms with E-state index in [0.29, 0.717) is 11.3 Å². The lowest BCUT2D eigenvalue weighted by Gasteiger charge is -2.11. The zero-order chi connectivity index (χ0) is 16.3. The summed E-state index contributed by atoms with van der Waals surface area (Å²) in [7, 11) is 2.80. The summed E-state index contributed by atoms with van der Waals surface area (Å²) in [6, 6.07) is 8.69. The molecule has 0 aliphatic rings. The number of rotatable bonds is 5. The SMILES string of the molecule is COc1cccc(C(=O)c2cc(O)c(C(=O)O)cc2OC)c1. The largest absolute Gasteiger partial charge is 0.507 e. The second kappa shape index (κ2) is 6.17. The van der Waals surface area contributed by atoms with E-state index in [1.54, 1.807) is 24.3 Å². The molecule has 0 aliphatic carbocycles. The van der Waals surface area contributed by atoms with E-state index in [1.807, 2.05) is 0 Å². The summed E-state index contributed by atoms with van der Waals surface area (Å²) in [5.41, 5.74) is 0.0671. The van der Waals surface area contributed by atoms with Crippen LogP contribution in [0.1, 0.15) is 26.3 Å². The molecule has 2 aromatic carbocycles. The average molecular weight is 302 g/mol.